The average Bonchev–Trinajstić information content (AvgIpc) is 3.46. The Labute approximate surface area is 188 Å². The van der Waals surface area contributed by atoms with Crippen molar-refractivity contribution in [2.24, 2.45) is 0 Å². The van der Waals surface area contributed by atoms with Crippen LogP contribution in [0.4, 0.5) is 26.3 Å². The summed E-state index contributed by atoms with van der Waals surface area (Å²) < 4.78 is 77.4. The fourth-order valence-corrected chi connectivity index (χ4v) is 3.03. The maximum absolute atomic E-state index is 12.7. The van der Waals surface area contributed by atoms with Crippen LogP contribution in [0.15, 0.2) is 36.3 Å². The van der Waals surface area contributed by atoms with Crippen molar-refractivity contribution in [2.45, 2.75) is 38.2 Å². The lowest BCUT2D eigenvalue weighted by Gasteiger charge is -2.03. The Morgan fingerprint density at radius 1 is 1.06 bits per heavy atom. The Bertz CT molecular complexity index is 1110. The standard InChI is InChI=1S/C12H5ClF6N4OS.C3H6.C2H4.C2H2/c13-8-2-6(11(14,15)16)21-23(8)3-5-1-9(24)22-4-7(12(17,18)19)25-10(22)20-5;1-2-3-1;2*1-2/h1-2,4H,3H2;1-3H2;1-2H2;1-2H. The molecular formula is C19H17ClF6N4OS. The van der Waals surface area contributed by atoms with Gasteiger partial charge in [-0.25, -0.2) is 9.67 Å². The number of hydrogen-bond donors (Lipinski definition) is 0. The molecule has 174 valence electrons. The highest BCUT2D eigenvalue weighted by molar-refractivity contribution is 7.17. The van der Waals surface area contributed by atoms with E-state index >= 15 is 0 Å². The summed E-state index contributed by atoms with van der Waals surface area (Å²) in [5.74, 6) is 0. The molecule has 4 rings (SSSR count). The number of nitrogens with zero attached hydrogens (tertiary/aromatic N) is 4. The zero-order valence-corrected chi connectivity index (χ0v) is 18.0. The predicted molar refractivity (Wildman–Crippen MR) is 111 cm³/mol. The van der Waals surface area contributed by atoms with E-state index in [-0.39, 0.29) is 27.1 Å². The van der Waals surface area contributed by atoms with E-state index in [1.54, 1.807) is 0 Å². The van der Waals surface area contributed by atoms with Gasteiger partial charge in [0.05, 0.1) is 12.2 Å². The third kappa shape index (κ3) is 7.42. The summed E-state index contributed by atoms with van der Waals surface area (Å²) in [5, 5.41) is 2.91. The minimum absolute atomic E-state index is 0.0701. The SMILES string of the molecule is C#C.C1CC1.C=C.O=c1cc(Cn2nc(C(F)(F)F)cc2Cl)nc2sc(C(F)(F)F)cn12. The second-order valence-electron chi connectivity index (χ2n) is 5.90. The van der Waals surface area contributed by atoms with Gasteiger partial charge in [0.1, 0.15) is 10.0 Å². The van der Waals surface area contributed by atoms with Gasteiger partial charge in [0, 0.05) is 18.3 Å². The van der Waals surface area contributed by atoms with Gasteiger partial charge >= 0.3 is 12.4 Å². The normalized spacial score (nSPS) is 12.5. The van der Waals surface area contributed by atoms with Crippen molar-refractivity contribution < 1.29 is 26.3 Å². The topological polar surface area (TPSA) is 52.2 Å². The van der Waals surface area contributed by atoms with Crippen LogP contribution >= 0.6 is 22.9 Å². The van der Waals surface area contributed by atoms with Crippen LogP contribution in [0.25, 0.3) is 4.96 Å². The van der Waals surface area contributed by atoms with Gasteiger partial charge in [0.25, 0.3) is 5.56 Å². The molecule has 0 amide bonds. The number of aromatic nitrogens is 4. The van der Waals surface area contributed by atoms with E-state index in [9.17, 15) is 31.1 Å². The van der Waals surface area contributed by atoms with Gasteiger partial charge in [0.15, 0.2) is 10.7 Å². The number of hydrogen-bond acceptors (Lipinski definition) is 4. The number of fused-ring (bicyclic) bond motifs is 1. The van der Waals surface area contributed by atoms with Gasteiger partial charge in [-0.2, -0.15) is 31.4 Å². The first-order chi connectivity index (χ1) is 14.9. The molecule has 3 aromatic heterocycles. The van der Waals surface area contributed by atoms with Gasteiger partial charge in [-0.1, -0.05) is 42.2 Å². The van der Waals surface area contributed by atoms with Crippen LogP contribution in [0.2, 0.25) is 5.15 Å². The lowest BCUT2D eigenvalue weighted by Crippen LogP contribution is -2.16. The van der Waals surface area contributed by atoms with Gasteiger partial charge in [-0.05, 0) is 0 Å². The van der Waals surface area contributed by atoms with E-state index in [4.69, 9.17) is 11.6 Å². The highest BCUT2D eigenvalue weighted by atomic mass is 35.5. The molecule has 32 heavy (non-hydrogen) atoms. The molecule has 0 spiro atoms. The molecule has 3 aromatic rings. The van der Waals surface area contributed by atoms with E-state index in [2.05, 4.69) is 36.1 Å². The molecule has 1 fully saturated rings. The second kappa shape index (κ2) is 11.2. The zero-order chi connectivity index (χ0) is 24.7. The molecule has 0 atom stereocenters. The maximum atomic E-state index is 12.7. The largest absolute Gasteiger partial charge is 0.435 e. The summed E-state index contributed by atoms with van der Waals surface area (Å²) in [6.07, 6.45) is 3.76. The molecule has 3 heterocycles. The Morgan fingerprint density at radius 3 is 2.06 bits per heavy atom. The van der Waals surface area contributed by atoms with Crippen molar-refractivity contribution >= 4 is 27.9 Å². The zero-order valence-electron chi connectivity index (χ0n) is 16.4. The highest BCUT2D eigenvalue weighted by Crippen LogP contribution is 2.34. The number of rotatable bonds is 2. The summed E-state index contributed by atoms with van der Waals surface area (Å²) in [6.45, 7) is 5.60. The van der Waals surface area contributed by atoms with E-state index < -0.39 is 35.0 Å². The molecule has 0 N–H and O–H groups in total. The Morgan fingerprint density at radius 2 is 1.62 bits per heavy atom. The summed E-state index contributed by atoms with van der Waals surface area (Å²) >= 11 is 5.91. The van der Waals surface area contributed by atoms with E-state index in [0.717, 1.165) is 10.7 Å². The lowest BCUT2D eigenvalue weighted by molar-refractivity contribution is -0.141. The summed E-state index contributed by atoms with van der Waals surface area (Å²) in [7, 11) is 0. The molecule has 1 aliphatic rings. The number of halogens is 7. The van der Waals surface area contributed by atoms with E-state index in [0.29, 0.717) is 16.7 Å². The minimum atomic E-state index is -4.71. The summed E-state index contributed by atoms with van der Waals surface area (Å²) in [6, 6.07) is 1.50. The molecule has 13 heteroatoms. The minimum Gasteiger partial charge on any atom is -0.269 e. The van der Waals surface area contributed by atoms with Crippen LogP contribution < -0.4 is 5.56 Å². The molecule has 0 aliphatic heterocycles. The van der Waals surface area contributed by atoms with Crippen LogP contribution in [0.5, 0.6) is 0 Å². The van der Waals surface area contributed by atoms with Gasteiger partial charge in [-0.3, -0.25) is 9.20 Å². The molecular weight excluding hydrogens is 482 g/mol. The van der Waals surface area contributed by atoms with Crippen molar-refractivity contribution in [3.05, 3.63) is 63.3 Å². The first-order valence-corrected chi connectivity index (χ1v) is 9.88. The molecule has 5 nitrogen and oxygen atoms in total. The number of thiazole rings is 1. The first kappa shape index (κ1) is 27.3. The summed E-state index contributed by atoms with van der Waals surface area (Å²) in [4.78, 5) is 14.5. The van der Waals surface area contributed by atoms with E-state index in [1.165, 1.54) is 19.3 Å². The molecule has 0 aromatic carbocycles. The highest BCUT2D eigenvalue weighted by Gasteiger charge is 2.35. The van der Waals surface area contributed by atoms with Crippen molar-refractivity contribution in [3.63, 3.8) is 0 Å². The Hall–Kier alpha value is -2.78. The van der Waals surface area contributed by atoms with Crippen LogP contribution in [0.3, 0.4) is 0 Å². The van der Waals surface area contributed by atoms with Crippen molar-refractivity contribution in [3.8, 4) is 12.8 Å². The second-order valence-corrected chi connectivity index (χ2v) is 7.30. The van der Waals surface area contributed by atoms with Crippen molar-refractivity contribution in [2.75, 3.05) is 0 Å². The Balaban J connectivity index is 0.000000644. The Kier molecular flexibility index (Phi) is 9.53. The fourth-order valence-electron chi connectivity index (χ4n) is 1.96. The summed E-state index contributed by atoms with van der Waals surface area (Å²) in [5.41, 5.74) is -2.10. The first-order valence-electron chi connectivity index (χ1n) is 8.68. The van der Waals surface area contributed by atoms with Crippen molar-refractivity contribution in [1.82, 2.24) is 19.2 Å². The molecule has 1 aliphatic carbocycles. The van der Waals surface area contributed by atoms with Gasteiger partial charge < -0.3 is 0 Å². The third-order valence-corrected chi connectivity index (χ3v) is 4.72. The average molecular weight is 499 g/mol. The smallest absolute Gasteiger partial charge is 0.269 e. The monoisotopic (exact) mass is 498 g/mol. The maximum Gasteiger partial charge on any atom is 0.435 e. The number of terminal acetylenes is 1. The molecule has 0 saturated heterocycles. The van der Waals surface area contributed by atoms with Gasteiger partial charge in [-0.15, -0.1) is 26.0 Å². The predicted octanol–water partition coefficient (Wildman–Crippen LogP) is 5.91. The molecule has 1 saturated carbocycles. The lowest BCUT2D eigenvalue weighted by atomic mass is 10.4. The van der Waals surface area contributed by atoms with E-state index in [1.807, 2.05) is 0 Å². The quantitative estimate of drug-likeness (QED) is 0.250. The van der Waals surface area contributed by atoms with Crippen LogP contribution in [-0.2, 0) is 18.9 Å². The van der Waals surface area contributed by atoms with Crippen LogP contribution in [0.1, 0.15) is 35.5 Å². The molecule has 0 unspecified atom stereocenters. The van der Waals surface area contributed by atoms with Crippen LogP contribution in [-0.4, -0.2) is 19.2 Å². The van der Waals surface area contributed by atoms with Gasteiger partial charge in [0.2, 0.25) is 0 Å². The molecule has 0 bridgehead atoms. The fraction of sp³-hybridized carbons (Fsp3) is 0.316. The van der Waals surface area contributed by atoms with Crippen LogP contribution in [0, 0.1) is 12.8 Å². The number of alkyl halides is 6. The third-order valence-electron chi connectivity index (χ3n) is 3.39. The molecule has 0 radical (unpaired) electrons. The van der Waals surface area contributed by atoms with Crippen molar-refractivity contribution in [1.29, 1.82) is 0 Å².